The van der Waals surface area contributed by atoms with E-state index in [2.05, 4.69) is 31.7 Å². The predicted octanol–water partition coefficient (Wildman–Crippen LogP) is -0.464. The largest absolute Gasteiger partial charge is 0.364 e. The average molecular weight is 246 g/mol. The van der Waals surface area contributed by atoms with Gasteiger partial charge in [0, 0.05) is 14.1 Å². The van der Waals surface area contributed by atoms with Crippen LogP contribution in [0.2, 0.25) is 0 Å². The van der Waals surface area contributed by atoms with Crippen LogP contribution in [0.1, 0.15) is 6.92 Å². The molecule has 0 aliphatic rings. The topological polar surface area (TPSA) is 72.8 Å². The van der Waals surface area contributed by atoms with Gasteiger partial charge in [0.15, 0.2) is 10.2 Å². The number of hydrogen-bond donors (Lipinski definition) is 4. The number of hydrazone groups is 2. The highest BCUT2D eigenvalue weighted by Gasteiger charge is 1.89. The molecule has 0 aromatic carbocycles. The Morgan fingerprint density at radius 1 is 1.07 bits per heavy atom. The molecule has 0 aliphatic heterocycles. The molecule has 0 atom stereocenters. The van der Waals surface area contributed by atoms with Crippen LogP contribution >= 0.6 is 24.4 Å². The second kappa shape index (κ2) is 8.06. The summed E-state index contributed by atoms with van der Waals surface area (Å²) in [6, 6.07) is 0. The second-order valence-electron chi connectivity index (χ2n) is 2.39. The number of thiocarbonyl (C=S) groups is 2. The van der Waals surface area contributed by atoms with Crippen molar-refractivity contribution in [2.24, 2.45) is 10.2 Å². The molecule has 8 heteroatoms. The first-order valence-electron chi connectivity index (χ1n) is 4.13. The highest BCUT2D eigenvalue weighted by Crippen LogP contribution is 1.72. The quantitative estimate of drug-likeness (QED) is 0.307. The van der Waals surface area contributed by atoms with E-state index in [4.69, 9.17) is 24.4 Å². The normalized spacial score (nSPS) is 11.0. The smallest absolute Gasteiger partial charge is 0.186 e. The molecule has 84 valence electrons. The molecule has 0 heterocycles. The molecular weight excluding hydrogens is 232 g/mol. The Morgan fingerprint density at radius 3 is 2.13 bits per heavy atom. The molecule has 0 rings (SSSR count). The van der Waals surface area contributed by atoms with Gasteiger partial charge in [-0.2, -0.15) is 10.2 Å². The minimum atomic E-state index is 0.442. The zero-order chi connectivity index (χ0) is 11.7. The van der Waals surface area contributed by atoms with Gasteiger partial charge >= 0.3 is 0 Å². The van der Waals surface area contributed by atoms with Crippen molar-refractivity contribution in [3.05, 3.63) is 0 Å². The molecular formula is C7H14N6S2. The third kappa shape index (κ3) is 7.77. The summed E-state index contributed by atoms with van der Waals surface area (Å²) in [4.78, 5) is 0. The summed E-state index contributed by atoms with van der Waals surface area (Å²) >= 11 is 9.64. The van der Waals surface area contributed by atoms with Crippen LogP contribution in [-0.2, 0) is 0 Å². The third-order valence-electron chi connectivity index (χ3n) is 1.21. The molecule has 0 spiro atoms. The monoisotopic (exact) mass is 246 g/mol. The van der Waals surface area contributed by atoms with Crippen LogP contribution < -0.4 is 21.5 Å². The lowest BCUT2D eigenvalue weighted by Gasteiger charge is -2.01. The number of nitrogens with one attached hydrogen (secondary N) is 4. The highest BCUT2D eigenvalue weighted by molar-refractivity contribution is 7.80. The molecule has 6 nitrogen and oxygen atoms in total. The van der Waals surface area contributed by atoms with Crippen LogP contribution in [0.4, 0.5) is 0 Å². The Morgan fingerprint density at radius 2 is 1.60 bits per heavy atom. The van der Waals surface area contributed by atoms with Gasteiger partial charge in [-0.1, -0.05) is 0 Å². The Kier molecular flexibility index (Phi) is 7.38. The van der Waals surface area contributed by atoms with E-state index in [1.54, 1.807) is 21.0 Å². The van der Waals surface area contributed by atoms with E-state index in [1.165, 1.54) is 6.21 Å². The zero-order valence-electron chi connectivity index (χ0n) is 8.79. The molecule has 0 aliphatic carbocycles. The lowest BCUT2D eigenvalue weighted by molar-refractivity contribution is 0.970. The first-order valence-corrected chi connectivity index (χ1v) is 4.94. The van der Waals surface area contributed by atoms with E-state index in [1.807, 2.05) is 0 Å². The maximum Gasteiger partial charge on any atom is 0.186 e. The molecule has 15 heavy (non-hydrogen) atoms. The van der Waals surface area contributed by atoms with Gasteiger partial charge in [0.05, 0.1) is 11.9 Å². The van der Waals surface area contributed by atoms with Crippen molar-refractivity contribution in [2.75, 3.05) is 14.1 Å². The lowest BCUT2D eigenvalue weighted by atomic mass is 10.5. The van der Waals surface area contributed by atoms with Crippen molar-refractivity contribution in [3.63, 3.8) is 0 Å². The van der Waals surface area contributed by atoms with Crippen molar-refractivity contribution in [1.29, 1.82) is 0 Å². The summed E-state index contributed by atoms with van der Waals surface area (Å²) in [6.45, 7) is 1.78. The molecule has 0 amide bonds. The van der Waals surface area contributed by atoms with E-state index in [0.29, 0.717) is 15.9 Å². The molecule has 0 radical (unpaired) electrons. The summed E-state index contributed by atoms with van der Waals surface area (Å²) in [7, 11) is 3.42. The van der Waals surface area contributed by atoms with Gasteiger partial charge in [0.25, 0.3) is 0 Å². The van der Waals surface area contributed by atoms with Crippen molar-refractivity contribution in [2.45, 2.75) is 6.92 Å². The molecule has 0 aromatic heterocycles. The fourth-order valence-electron chi connectivity index (χ4n) is 0.464. The lowest BCUT2D eigenvalue weighted by Crippen LogP contribution is -2.30. The maximum atomic E-state index is 4.83. The fraction of sp³-hybridized carbons (Fsp3) is 0.429. The van der Waals surface area contributed by atoms with Gasteiger partial charge in [-0.15, -0.1) is 0 Å². The zero-order valence-corrected chi connectivity index (χ0v) is 10.4. The van der Waals surface area contributed by atoms with Gasteiger partial charge in [0.2, 0.25) is 0 Å². The van der Waals surface area contributed by atoms with E-state index in [-0.39, 0.29) is 0 Å². The van der Waals surface area contributed by atoms with E-state index >= 15 is 0 Å². The Hall–Kier alpha value is -1.28. The van der Waals surface area contributed by atoms with Gasteiger partial charge < -0.3 is 10.6 Å². The molecule has 0 bridgehead atoms. The minimum absolute atomic E-state index is 0.442. The molecule has 0 aromatic rings. The number of nitrogens with zero attached hydrogens (tertiary/aromatic N) is 2. The van der Waals surface area contributed by atoms with Gasteiger partial charge in [-0.05, 0) is 31.4 Å². The average Bonchev–Trinajstić information content (AvgIpc) is 2.25. The standard InChI is InChI=1S/C7H14N6S2/c1-5(11-13-7(15)9-3)4-10-12-6(14)8-2/h4H,1-3H3,(H2,8,12,14)(H2,9,13,15)/b10-4+,11-5+. The number of hydrogen-bond acceptors (Lipinski definition) is 4. The summed E-state index contributed by atoms with van der Waals surface area (Å²) in [5, 5.41) is 14.1. The summed E-state index contributed by atoms with van der Waals surface area (Å²) in [5.74, 6) is 0. The van der Waals surface area contributed by atoms with Gasteiger partial charge in [-0.3, -0.25) is 10.9 Å². The van der Waals surface area contributed by atoms with Gasteiger partial charge in [-0.25, -0.2) is 0 Å². The van der Waals surface area contributed by atoms with Crippen molar-refractivity contribution in [3.8, 4) is 0 Å². The predicted molar refractivity (Wildman–Crippen MR) is 71.2 cm³/mol. The molecule has 0 unspecified atom stereocenters. The van der Waals surface area contributed by atoms with Crippen molar-refractivity contribution < 1.29 is 0 Å². The summed E-state index contributed by atoms with van der Waals surface area (Å²) in [6.07, 6.45) is 1.52. The van der Waals surface area contributed by atoms with Crippen LogP contribution in [0.15, 0.2) is 10.2 Å². The molecule has 0 saturated carbocycles. The van der Waals surface area contributed by atoms with Crippen LogP contribution in [0.25, 0.3) is 0 Å². The Balaban J connectivity index is 3.95. The Bertz CT molecular complexity index is 285. The van der Waals surface area contributed by atoms with Crippen LogP contribution in [0, 0.1) is 0 Å². The van der Waals surface area contributed by atoms with Crippen molar-refractivity contribution in [1.82, 2.24) is 21.5 Å². The van der Waals surface area contributed by atoms with E-state index in [9.17, 15) is 0 Å². The molecule has 4 N–H and O–H groups in total. The summed E-state index contributed by atoms with van der Waals surface area (Å²) < 4.78 is 0. The van der Waals surface area contributed by atoms with Crippen molar-refractivity contribution >= 4 is 46.6 Å². The molecule has 0 saturated heterocycles. The van der Waals surface area contributed by atoms with Gasteiger partial charge in [0.1, 0.15) is 0 Å². The Labute approximate surface area is 99.6 Å². The SMILES string of the molecule is CNC(=S)N/N=C/C(C)=N/NC(=S)NC. The van der Waals surface area contributed by atoms with Crippen LogP contribution in [0.5, 0.6) is 0 Å². The maximum absolute atomic E-state index is 4.83. The first kappa shape index (κ1) is 13.7. The van der Waals surface area contributed by atoms with Crippen LogP contribution in [-0.4, -0.2) is 36.2 Å². The fourth-order valence-corrected chi connectivity index (χ4v) is 0.562. The molecule has 0 fully saturated rings. The first-order chi connectivity index (χ1) is 7.10. The second-order valence-corrected chi connectivity index (χ2v) is 3.21. The summed E-state index contributed by atoms with van der Waals surface area (Å²) in [5.41, 5.74) is 5.89. The minimum Gasteiger partial charge on any atom is -0.364 e. The highest BCUT2D eigenvalue weighted by atomic mass is 32.1. The van der Waals surface area contributed by atoms with Crippen LogP contribution in [0.3, 0.4) is 0 Å². The van der Waals surface area contributed by atoms with E-state index < -0.39 is 0 Å². The number of rotatable bonds is 3. The third-order valence-corrected chi connectivity index (χ3v) is 1.80. The van der Waals surface area contributed by atoms with E-state index in [0.717, 1.165) is 0 Å².